The molecule has 0 fully saturated rings. The highest BCUT2D eigenvalue weighted by Gasteiger charge is 2.06. The number of halogens is 3. The molecule has 0 saturated heterocycles. The Kier molecular flexibility index (Phi) is 8.15. The summed E-state index contributed by atoms with van der Waals surface area (Å²) in [4.78, 5) is 11.4. The van der Waals surface area contributed by atoms with Gasteiger partial charge >= 0.3 is 0 Å². The zero-order valence-corrected chi connectivity index (χ0v) is 12.5. The van der Waals surface area contributed by atoms with Crippen LogP contribution >= 0.6 is 28.3 Å². The second-order valence-electron chi connectivity index (χ2n) is 4.03. The first-order valence-corrected chi connectivity index (χ1v) is 6.24. The Bertz CT molecular complexity index is 402. The molecule has 0 saturated carbocycles. The van der Waals surface area contributed by atoms with Crippen molar-refractivity contribution >= 4 is 34.2 Å². The highest BCUT2D eigenvalue weighted by Crippen LogP contribution is 2.17. The first-order chi connectivity index (χ1) is 7.99. The molecule has 0 aromatic heterocycles. The molecule has 3 nitrogen and oxygen atoms in total. The van der Waals surface area contributed by atoms with Crippen LogP contribution in [-0.2, 0) is 11.3 Å². The Hall–Kier alpha value is -0.650. The van der Waals surface area contributed by atoms with E-state index in [-0.39, 0.29) is 30.2 Å². The minimum atomic E-state index is -0.312. The third kappa shape index (κ3) is 6.33. The number of nitrogens with one attached hydrogen (secondary N) is 1. The smallest absolute Gasteiger partial charge is 0.220 e. The average Bonchev–Trinajstić information content (AvgIpc) is 2.27. The third-order valence-electron chi connectivity index (χ3n) is 2.31. The Morgan fingerprint density at radius 2 is 2.22 bits per heavy atom. The van der Waals surface area contributed by atoms with Crippen LogP contribution in [0, 0.1) is 5.82 Å². The molecule has 1 aromatic carbocycles. The van der Waals surface area contributed by atoms with E-state index >= 15 is 0 Å². The molecule has 1 atom stereocenters. The number of benzene rings is 1. The lowest BCUT2D eigenvalue weighted by atomic mass is 10.2. The molecular formula is C12H17BrClFN2O. The minimum absolute atomic E-state index is 0. The van der Waals surface area contributed by atoms with Gasteiger partial charge in [0.1, 0.15) is 5.82 Å². The fourth-order valence-corrected chi connectivity index (χ4v) is 1.71. The van der Waals surface area contributed by atoms with Gasteiger partial charge < -0.3 is 11.1 Å². The summed E-state index contributed by atoms with van der Waals surface area (Å²) in [5.41, 5.74) is 6.28. The monoisotopic (exact) mass is 338 g/mol. The second-order valence-corrected chi connectivity index (χ2v) is 4.88. The summed E-state index contributed by atoms with van der Waals surface area (Å²) in [7, 11) is 0. The molecule has 6 heteroatoms. The SMILES string of the molecule is CC(N)CCC(=O)NCc1cc(F)ccc1Br.Cl. The van der Waals surface area contributed by atoms with Crippen LogP contribution in [-0.4, -0.2) is 11.9 Å². The Morgan fingerprint density at radius 1 is 1.56 bits per heavy atom. The fourth-order valence-electron chi connectivity index (χ4n) is 1.32. The lowest BCUT2D eigenvalue weighted by Gasteiger charge is -2.08. The number of rotatable bonds is 5. The van der Waals surface area contributed by atoms with Crippen molar-refractivity contribution in [1.29, 1.82) is 0 Å². The third-order valence-corrected chi connectivity index (χ3v) is 3.08. The summed E-state index contributed by atoms with van der Waals surface area (Å²) in [6.45, 7) is 2.17. The van der Waals surface area contributed by atoms with Crippen molar-refractivity contribution in [3.05, 3.63) is 34.1 Å². The molecule has 0 radical (unpaired) electrons. The molecule has 0 spiro atoms. The zero-order valence-electron chi connectivity index (χ0n) is 10.1. The summed E-state index contributed by atoms with van der Waals surface area (Å²) >= 11 is 3.30. The van der Waals surface area contributed by atoms with Crippen molar-refractivity contribution in [1.82, 2.24) is 5.32 Å². The van der Waals surface area contributed by atoms with Crippen LogP contribution in [0.3, 0.4) is 0 Å². The zero-order chi connectivity index (χ0) is 12.8. The predicted octanol–water partition coefficient (Wildman–Crippen LogP) is 2.75. The van der Waals surface area contributed by atoms with Crippen LogP contribution in [0.15, 0.2) is 22.7 Å². The largest absolute Gasteiger partial charge is 0.352 e. The van der Waals surface area contributed by atoms with Gasteiger partial charge in [0.25, 0.3) is 0 Å². The standard InChI is InChI=1S/C12H16BrFN2O.ClH/c1-8(15)2-5-12(17)16-7-9-6-10(14)3-4-11(9)13;/h3-4,6,8H,2,5,7,15H2,1H3,(H,16,17);1H. The van der Waals surface area contributed by atoms with E-state index in [2.05, 4.69) is 21.2 Å². The summed E-state index contributed by atoms with van der Waals surface area (Å²) < 4.78 is 13.8. The topological polar surface area (TPSA) is 55.1 Å². The summed E-state index contributed by atoms with van der Waals surface area (Å²) in [6.07, 6.45) is 1.04. The van der Waals surface area contributed by atoms with E-state index in [1.54, 1.807) is 6.07 Å². The maximum absolute atomic E-state index is 13.0. The lowest BCUT2D eigenvalue weighted by Crippen LogP contribution is -2.25. The first kappa shape index (κ1) is 17.4. The highest BCUT2D eigenvalue weighted by atomic mass is 79.9. The van der Waals surface area contributed by atoms with Crippen LogP contribution in [0.4, 0.5) is 4.39 Å². The minimum Gasteiger partial charge on any atom is -0.352 e. The van der Waals surface area contributed by atoms with Crippen LogP contribution in [0.5, 0.6) is 0 Å². The Labute approximate surface area is 121 Å². The fraction of sp³-hybridized carbons (Fsp3) is 0.417. The Morgan fingerprint density at radius 3 is 2.83 bits per heavy atom. The average molecular weight is 340 g/mol. The van der Waals surface area contributed by atoms with Crippen LogP contribution in [0.25, 0.3) is 0 Å². The van der Waals surface area contributed by atoms with Crippen molar-refractivity contribution in [2.24, 2.45) is 5.73 Å². The number of hydrogen-bond donors (Lipinski definition) is 2. The van der Waals surface area contributed by atoms with Gasteiger partial charge in [0.15, 0.2) is 0 Å². The van der Waals surface area contributed by atoms with Crippen LogP contribution < -0.4 is 11.1 Å². The normalized spacial score (nSPS) is 11.6. The van der Waals surface area contributed by atoms with E-state index in [0.717, 1.165) is 10.0 Å². The number of carbonyl (C=O) groups is 1. The molecule has 102 valence electrons. The molecule has 1 unspecified atom stereocenters. The number of hydrogen-bond acceptors (Lipinski definition) is 2. The van der Waals surface area contributed by atoms with Crippen LogP contribution in [0.1, 0.15) is 25.3 Å². The number of amides is 1. The molecule has 1 rings (SSSR count). The van der Waals surface area contributed by atoms with E-state index in [4.69, 9.17) is 5.73 Å². The molecule has 3 N–H and O–H groups in total. The second kappa shape index (κ2) is 8.45. The number of carbonyl (C=O) groups excluding carboxylic acids is 1. The van der Waals surface area contributed by atoms with E-state index in [0.29, 0.717) is 19.4 Å². The van der Waals surface area contributed by atoms with Gasteiger partial charge in [-0.15, -0.1) is 12.4 Å². The molecular weight excluding hydrogens is 322 g/mol. The first-order valence-electron chi connectivity index (χ1n) is 5.45. The molecule has 0 aliphatic carbocycles. The van der Waals surface area contributed by atoms with E-state index in [1.807, 2.05) is 6.92 Å². The van der Waals surface area contributed by atoms with Gasteiger partial charge in [-0.25, -0.2) is 4.39 Å². The maximum atomic E-state index is 13.0. The van der Waals surface area contributed by atoms with Gasteiger partial charge in [0, 0.05) is 23.5 Å². The van der Waals surface area contributed by atoms with Crippen molar-refractivity contribution in [2.45, 2.75) is 32.4 Å². The van der Waals surface area contributed by atoms with Gasteiger partial charge in [-0.3, -0.25) is 4.79 Å². The van der Waals surface area contributed by atoms with Gasteiger partial charge in [-0.05, 0) is 37.1 Å². The lowest BCUT2D eigenvalue weighted by molar-refractivity contribution is -0.121. The molecule has 1 aromatic rings. The highest BCUT2D eigenvalue weighted by molar-refractivity contribution is 9.10. The van der Waals surface area contributed by atoms with E-state index < -0.39 is 0 Å². The van der Waals surface area contributed by atoms with Crippen molar-refractivity contribution in [3.8, 4) is 0 Å². The maximum Gasteiger partial charge on any atom is 0.220 e. The molecule has 0 bridgehead atoms. The predicted molar refractivity (Wildman–Crippen MR) is 76.1 cm³/mol. The summed E-state index contributed by atoms with van der Waals surface area (Å²) in [5, 5.41) is 2.73. The van der Waals surface area contributed by atoms with E-state index in [1.165, 1.54) is 12.1 Å². The summed E-state index contributed by atoms with van der Waals surface area (Å²) in [5.74, 6) is -0.383. The number of nitrogens with two attached hydrogens (primary N) is 1. The van der Waals surface area contributed by atoms with Gasteiger partial charge in [0.2, 0.25) is 5.91 Å². The quantitative estimate of drug-likeness (QED) is 0.866. The molecule has 18 heavy (non-hydrogen) atoms. The molecule has 0 aliphatic rings. The molecule has 0 aliphatic heterocycles. The van der Waals surface area contributed by atoms with Gasteiger partial charge in [-0.2, -0.15) is 0 Å². The molecule has 0 heterocycles. The van der Waals surface area contributed by atoms with E-state index in [9.17, 15) is 9.18 Å². The Balaban J connectivity index is 0.00000289. The van der Waals surface area contributed by atoms with Crippen LogP contribution in [0.2, 0.25) is 0 Å². The summed E-state index contributed by atoms with van der Waals surface area (Å²) in [6, 6.07) is 4.40. The molecule has 1 amide bonds. The van der Waals surface area contributed by atoms with Gasteiger partial charge in [0.05, 0.1) is 0 Å². The van der Waals surface area contributed by atoms with Crippen molar-refractivity contribution in [2.75, 3.05) is 0 Å². The van der Waals surface area contributed by atoms with Crippen molar-refractivity contribution in [3.63, 3.8) is 0 Å². The van der Waals surface area contributed by atoms with Crippen molar-refractivity contribution < 1.29 is 9.18 Å². The van der Waals surface area contributed by atoms with Gasteiger partial charge in [-0.1, -0.05) is 15.9 Å².